The molecule has 0 saturated carbocycles. The van der Waals surface area contributed by atoms with Crippen LogP contribution in [0.2, 0.25) is 0 Å². The van der Waals surface area contributed by atoms with Crippen LogP contribution < -0.4 is 19.5 Å². The maximum Gasteiger partial charge on any atom is 0.263 e. The van der Waals surface area contributed by atoms with E-state index in [1.54, 1.807) is 32.2 Å². The molecule has 2 aromatic carbocycles. The number of hydrogen-bond acceptors (Lipinski definition) is 7. The SMILES string of the molecule is CCCOc1ccc(C=CC(=O)Nc2ccc(S(=O)(=O)Nc3cc(C)on3)cc2)cc1OC. The van der Waals surface area contributed by atoms with Crippen LogP contribution in [0.15, 0.2) is 64.0 Å². The molecule has 0 aliphatic heterocycles. The Kier molecular flexibility index (Phi) is 7.73. The summed E-state index contributed by atoms with van der Waals surface area (Å²) in [6.45, 7) is 4.26. The molecule has 0 saturated heterocycles. The number of anilines is 2. The molecule has 0 aliphatic rings. The van der Waals surface area contributed by atoms with Crippen molar-refractivity contribution in [2.24, 2.45) is 0 Å². The Morgan fingerprint density at radius 1 is 1.12 bits per heavy atom. The molecule has 2 N–H and O–H groups in total. The maximum atomic E-state index is 12.4. The molecule has 174 valence electrons. The Bertz CT molecular complexity index is 1230. The van der Waals surface area contributed by atoms with Crippen LogP contribution in [0.4, 0.5) is 11.5 Å². The van der Waals surface area contributed by atoms with E-state index in [-0.39, 0.29) is 16.6 Å². The molecular formula is C23H25N3O6S. The first kappa shape index (κ1) is 23.9. The average Bonchev–Trinajstić information content (AvgIpc) is 3.20. The molecule has 0 unspecified atom stereocenters. The van der Waals surface area contributed by atoms with E-state index in [4.69, 9.17) is 14.0 Å². The zero-order valence-corrected chi connectivity index (χ0v) is 19.3. The van der Waals surface area contributed by atoms with E-state index in [1.165, 1.54) is 36.4 Å². The molecular weight excluding hydrogens is 446 g/mol. The van der Waals surface area contributed by atoms with Gasteiger partial charge in [0.15, 0.2) is 17.3 Å². The first-order valence-electron chi connectivity index (χ1n) is 10.2. The largest absolute Gasteiger partial charge is 0.493 e. The van der Waals surface area contributed by atoms with E-state index in [0.717, 1.165) is 12.0 Å². The van der Waals surface area contributed by atoms with Gasteiger partial charge < -0.3 is 19.3 Å². The van der Waals surface area contributed by atoms with Gasteiger partial charge in [0, 0.05) is 17.8 Å². The number of hydrogen-bond donors (Lipinski definition) is 2. The Morgan fingerprint density at radius 2 is 1.88 bits per heavy atom. The molecule has 0 atom stereocenters. The van der Waals surface area contributed by atoms with Crippen molar-refractivity contribution in [3.8, 4) is 11.5 Å². The predicted octanol–water partition coefficient (Wildman–Crippen LogP) is 4.23. The monoisotopic (exact) mass is 471 g/mol. The molecule has 10 heteroatoms. The lowest BCUT2D eigenvalue weighted by molar-refractivity contribution is -0.111. The number of amides is 1. The van der Waals surface area contributed by atoms with Gasteiger partial charge in [-0.15, -0.1) is 0 Å². The van der Waals surface area contributed by atoms with Crippen LogP contribution in [0.5, 0.6) is 11.5 Å². The van der Waals surface area contributed by atoms with E-state index in [1.807, 2.05) is 13.0 Å². The highest BCUT2D eigenvalue weighted by molar-refractivity contribution is 7.92. The normalized spacial score (nSPS) is 11.4. The minimum Gasteiger partial charge on any atom is -0.493 e. The van der Waals surface area contributed by atoms with E-state index >= 15 is 0 Å². The fourth-order valence-electron chi connectivity index (χ4n) is 2.80. The number of aromatic nitrogens is 1. The number of carbonyl (C=O) groups is 1. The summed E-state index contributed by atoms with van der Waals surface area (Å²) in [5.74, 6) is 1.43. The minimum absolute atomic E-state index is 0.0224. The number of carbonyl (C=O) groups excluding carboxylic acids is 1. The van der Waals surface area contributed by atoms with Crippen molar-refractivity contribution in [2.75, 3.05) is 23.8 Å². The third-order valence-electron chi connectivity index (χ3n) is 4.38. The van der Waals surface area contributed by atoms with Crippen molar-refractivity contribution >= 4 is 33.5 Å². The van der Waals surface area contributed by atoms with Gasteiger partial charge >= 0.3 is 0 Å². The van der Waals surface area contributed by atoms with Crippen LogP contribution >= 0.6 is 0 Å². The summed E-state index contributed by atoms with van der Waals surface area (Å²) in [6, 6.07) is 12.6. The van der Waals surface area contributed by atoms with Gasteiger partial charge in [0.1, 0.15) is 5.76 Å². The summed E-state index contributed by atoms with van der Waals surface area (Å²) in [4.78, 5) is 12.3. The highest BCUT2D eigenvalue weighted by atomic mass is 32.2. The Morgan fingerprint density at radius 3 is 2.52 bits per heavy atom. The number of ether oxygens (including phenoxy) is 2. The zero-order chi connectivity index (χ0) is 23.8. The van der Waals surface area contributed by atoms with Gasteiger partial charge in [-0.3, -0.25) is 9.52 Å². The molecule has 3 aromatic rings. The number of aryl methyl sites for hydroxylation is 1. The van der Waals surface area contributed by atoms with Crippen LogP contribution in [0.1, 0.15) is 24.7 Å². The Balaban J connectivity index is 1.62. The average molecular weight is 472 g/mol. The molecule has 0 bridgehead atoms. The maximum absolute atomic E-state index is 12.4. The molecule has 0 aliphatic carbocycles. The number of methoxy groups -OCH3 is 1. The second-order valence-corrected chi connectivity index (χ2v) is 8.72. The minimum atomic E-state index is -3.83. The second-order valence-electron chi connectivity index (χ2n) is 7.03. The predicted molar refractivity (Wildman–Crippen MR) is 125 cm³/mol. The highest BCUT2D eigenvalue weighted by Crippen LogP contribution is 2.28. The van der Waals surface area contributed by atoms with Crippen LogP contribution in [0.3, 0.4) is 0 Å². The Labute approximate surface area is 192 Å². The number of nitrogens with one attached hydrogen (secondary N) is 2. The fourth-order valence-corrected chi connectivity index (χ4v) is 3.79. The van der Waals surface area contributed by atoms with Crippen molar-refractivity contribution in [3.63, 3.8) is 0 Å². The van der Waals surface area contributed by atoms with Crippen LogP contribution in [0.25, 0.3) is 6.08 Å². The van der Waals surface area contributed by atoms with Crippen molar-refractivity contribution in [1.82, 2.24) is 5.16 Å². The highest BCUT2D eigenvalue weighted by Gasteiger charge is 2.16. The summed E-state index contributed by atoms with van der Waals surface area (Å²) in [5, 5.41) is 6.30. The number of nitrogens with zero attached hydrogens (tertiary/aromatic N) is 1. The standard InChI is InChI=1S/C23H25N3O6S/c1-4-13-31-20-11-5-17(15-21(20)30-3)6-12-23(27)24-18-7-9-19(10-8-18)33(28,29)26-22-14-16(2)32-25-22/h5-12,14-15H,4,13H2,1-3H3,(H,24,27)(H,25,26). The summed E-state index contributed by atoms with van der Waals surface area (Å²) in [6.07, 6.45) is 3.90. The summed E-state index contributed by atoms with van der Waals surface area (Å²) < 4.78 is 43.0. The van der Waals surface area contributed by atoms with Gasteiger partial charge in [0.2, 0.25) is 5.91 Å². The summed E-state index contributed by atoms with van der Waals surface area (Å²) in [7, 11) is -2.27. The number of benzene rings is 2. The van der Waals surface area contributed by atoms with Gasteiger partial charge in [-0.05, 0) is 61.4 Å². The van der Waals surface area contributed by atoms with Crippen molar-refractivity contribution < 1.29 is 27.2 Å². The van der Waals surface area contributed by atoms with Crippen molar-refractivity contribution in [1.29, 1.82) is 0 Å². The molecule has 3 rings (SSSR count). The molecule has 0 fully saturated rings. The van der Waals surface area contributed by atoms with Gasteiger partial charge in [0.25, 0.3) is 10.0 Å². The van der Waals surface area contributed by atoms with E-state index in [9.17, 15) is 13.2 Å². The lowest BCUT2D eigenvalue weighted by Crippen LogP contribution is -2.13. The molecule has 1 amide bonds. The third-order valence-corrected chi connectivity index (χ3v) is 5.75. The smallest absolute Gasteiger partial charge is 0.263 e. The first-order valence-corrected chi connectivity index (χ1v) is 11.6. The van der Waals surface area contributed by atoms with E-state index < -0.39 is 10.0 Å². The molecule has 1 heterocycles. The lowest BCUT2D eigenvalue weighted by Gasteiger charge is -2.10. The second kappa shape index (κ2) is 10.7. The molecule has 33 heavy (non-hydrogen) atoms. The van der Waals surface area contributed by atoms with Crippen molar-refractivity contribution in [2.45, 2.75) is 25.2 Å². The lowest BCUT2D eigenvalue weighted by atomic mass is 10.2. The number of sulfonamides is 1. The van der Waals surface area contributed by atoms with Gasteiger partial charge in [0.05, 0.1) is 18.6 Å². The van der Waals surface area contributed by atoms with E-state index in [2.05, 4.69) is 15.2 Å². The summed E-state index contributed by atoms with van der Waals surface area (Å²) >= 11 is 0. The van der Waals surface area contributed by atoms with E-state index in [0.29, 0.717) is 29.6 Å². The van der Waals surface area contributed by atoms with Crippen LogP contribution in [-0.4, -0.2) is 33.2 Å². The van der Waals surface area contributed by atoms with Gasteiger partial charge in [-0.1, -0.05) is 18.1 Å². The van der Waals surface area contributed by atoms with Gasteiger partial charge in [-0.2, -0.15) is 0 Å². The third kappa shape index (κ3) is 6.59. The number of rotatable bonds is 10. The topological polar surface area (TPSA) is 120 Å². The molecule has 0 radical (unpaired) electrons. The quantitative estimate of drug-likeness (QED) is 0.425. The summed E-state index contributed by atoms with van der Waals surface area (Å²) in [5.41, 5.74) is 1.21. The Hall–Kier alpha value is -3.79. The van der Waals surface area contributed by atoms with Gasteiger partial charge in [-0.25, -0.2) is 8.42 Å². The molecule has 0 spiro atoms. The molecule has 1 aromatic heterocycles. The van der Waals surface area contributed by atoms with Crippen LogP contribution in [0, 0.1) is 6.92 Å². The molecule has 9 nitrogen and oxygen atoms in total. The fraction of sp³-hybridized carbons (Fsp3) is 0.217. The first-order chi connectivity index (χ1) is 15.8. The van der Waals surface area contributed by atoms with Crippen LogP contribution in [-0.2, 0) is 14.8 Å². The van der Waals surface area contributed by atoms with Crippen molar-refractivity contribution in [3.05, 3.63) is 65.9 Å². The zero-order valence-electron chi connectivity index (χ0n) is 18.5.